The summed E-state index contributed by atoms with van der Waals surface area (Å²) in [5, 5.41) is 3.41. The minimum absolute atomic E-state index is 0.0196. The Balaban J connectivity index is 1.63. The quantitative estimate of drug-likeness (QED) is 0.926. The lowest BCUT2D eigenvalue weighted by molar-refractivity contribution is -0.133. The highest BCUT2D eigenvalue weighted by molar-refractivity contribution is 5.82. The third-order valence-electron chi connectivity index (χ3n) is 5.93. The Hall–Kier alpha value is -1.35. The van der Waals surface area contributed by atoms with Gasteiger partial charge in [-0.05, 0) is 50.3 Å². The maximum atomic E-state index is 12.8. The second kappa shape index (κ2) is 5.94. The second-order valence-electron chi connectivity index (χ2n) is 8.31. The molecule has 3 rings (SSSR count). The molecule has 1 heterocycles. The first-order chi connectivity index (χ1) is 10.8. The maximum Gasteiger partial charge on any atom is 0.226 e. The van der Waals surface area contributed by atoms with Crippen LogP contribution in [-0.4, -0.2) is 37.5 Å². The molecule has 0 bridgehead atoms. The van der Waals surface area contributed by atoms with Crippen LogP contribution in [0.15, 0.2) is 24.3 Å². The Morgan fingerprint density at radius 3 is 2.48 bits per heavy atom. The molecule has 0 radical (unpaired) electrons. The van der Waals surface area contributed by atoms with Crippen LogP contribution in [0.1, 0.15) is 44.2 Å². The number of benzene rings is 1. The number of carbonyl (C=O) groups is 1. The van der Waals surface area contributed by atoms with Crippen LogP contribution >= 0.6 is 0 Å². The maximum absolute atomic E-state index is 12.8. The van der Waals surface area contributed by atoms with E-state index in [1.807, 2.05) is 11.9 Å². The van der Waals surface area contributed by atoms with Crippen molar-refractivity contribution in [2.75, 3.05) is 26.7 Å². The third kappa shape index (κ3) is 3.30. The number of likely N-dealkylation sites (N-methyl/N-ethyl adjacent to an activating group) is 1. The van der Waals surface area contributed by atoms with Crippen LogP contribution in [0.25, 0.3) is 0 Å². The Bertz CT molecular complexity index is 570. The van der Waals surface area contributed by atoms with Crippen LogP contribution in [0, 0.1) is 18.3 Å². The predicted octanol–water partition coefficient (Wildman–Crippen LogP) is 3.12. The van der Waals surface area contributed by atoms with Crippen molar-refractivity contribution in [3.8, 4) is 0 Å². The van der Waals surface area contributed by atoms with Gasteiger partial charge in [0.25, 0.3) is 0 Å². The molecular formula is C20H30N2O. The van der Waals surface area contributed by atoms with Crippen LogP contribution in [0.5, 0.6) is 0 Å². The Labute approximate surface area is 140 Å². The van der Waals surface area contributed by atoms with E-state index < -0.39 is 0 Å². The van der Waals surface area contributed by atoms with Gasteiger partial charge in [0, 0.05) is 24.9 Å². The SMILES string of the molecule is Cc1ccc(C(C)(C)CN(C)C(=O)C2CC23CCNCC3)cc1. The second-order valence-corrected chi connectivity index (χ2v) is 8.31. The van der Waals surface area contributed by atoms with E-state index in [1.165, 1.54) is 24.0 Å². The Morgan fingerprint density at radius 1 is 1.26 bits per heavy atom. The number of hydrogen-bond acceptors (Lipinski definition) is 2. The molecule has 2 aliphatic rings. The smallest absolute Gasteiger partial charge is 0.226 e. The summed E-state index contributed by atoms with van der Waals surface area (Å²) in [4.78, 5) is 14.8. The molecule has 1 aliphatic heterocycles. The molecule has 1 amide bonds. The van der Waals surface area contributed by atoms with Crippen LogP contribution in [0.4, 0.5) is 0 Å². The molecular weight excluding hydrogens is 284 g/mol. The fraction of sp³-hybridized carbons (Fsp3) is 0.650. The van der Waals surface area contributed by atoms with E-state index in [9.17, 15) is 4.79 Å². The summed E-state index contributed by atoms with van der Waals surface area (Å²) in [6.07, 6.45) is 3.43. The first kappa shape index (κ1) is 16.5. The fourth-order valence-corrected chi connectivity index (χ4v) is 4.21. The Morgan fingerprint density at radius 2 is 1.87 bits per heavy atom. The van der Waals surface area contributed by atoms with Crippen molar-refractivity contribution >= 4 is 5.91 Å². The number of rotatable bonds is 4. The van der Waals surface area contributed by atoms with E-state index in [2.05, 4.69) is 50.4 Å². The van der Waals surface area contributed by atoms with Gasteiger partial charge < -0.3 is 10.2 Å². The van der Waals surface area contributed by atoms with Crippen molar-refractivity contribution in [3.63, 3.8) is 0 Å². The van der Waals surface area contributed by atoms with E-state index in [-0.39, 0.29) is 11.3 Å². The molecule has 0 aromatic heterocycles. The molecule has 1 N–H and O–H groups in total. The van der Waals surface area contributed by atoms with E-state index in [1.54, 1.807) is 0 Å². The zero-order chi connectivity index (χ0) is 16.7. The summed E-state index contributed by atoms with van der Waals surface area (Å²) in [5.41, 5.74) is 2.88. The van der Waals surface area contributed by atoms with Gasteiger partial charge in [0.2, 0.25) is 5.91 Å². The lowest BCUT2D eigenvalue weighted by Gasteiger charge is -2.32. The van der Waals surface area contributed by atoms with Gasteiger partial charge in [0.1, 0.15) is 0 Å². The number of hydrogen-bond donors (Lipinski definition) is 1. The first-order valence-electron chi connectivity index (χ1n) is 8.87. The summed E-state index contributed by atoms with van der Waals surface area (Å²) >= 11 is 0. The molecule has 1 unspecified atom stereocenters. The molecule has 1 aromatic rings. The summed E-state index contributed by atoms with van der Waals surface area (Å²) in [6.45, 7) is 9.49. The number of carbonyl (C=O) groups excluding carboxylic acids is 1. The first-order valence-corrected chi connectivity index (χ1v) is 8.87. The number of aryl methyl sites for hydroxylation is 1. The molecule has 23 heavy (non-hydrogen) atoms. The van der Waals surface area contributed by atoms with Gasteiger partial charge in [-0.1, -0.05) is 43.7 Å². The molecule has 3 heteroatoms. The van der Waals surface area contributed by atoms with Gasteiger partial charge in [-0.15, -0.1) is 0 Å². The topological polar surface area (TPSA) is 32.3 Å². The monoisotopic (exact) mass is 314 g/mol. The molecule has 1 spiro atoms. The van der Waals surface area contributed by atoms with Crippen molar-refractivity contribution in [2.24, 2.45) is 11.3 Å². The van der Waals surface area contributed by atoms with Crippen LogP contribution in [0.2, 0.25) is 0 Å². The molecule has 1 aliphatic carbocycles. The van der Waals surface area contributed by atoms with Crippen molar-refractivity contribution in [2.45, 2.75) is 45.4 Å². The number of piperidine rings is 1. The minimum atomic E-state index is -0.0196. The average molecular weight is 314 g/mol. The third-order valence-corrected chi connectivity index (χ3v) is 5.93. The van der Waals surface area contributed by atoms with Gasteiger partial charge in [0.05, 0.1) is 0 Å². The van der Waals surface area contributed by atoms with Crippen molar-refractivity contribution in [1.29, 1.82) is 0 Å². The molecule has 2 fully saturated rings. The van der Waals surface area contributed by atoms with Crippen LogP contribution in [0.3, 0.4) is 0 Å². The van der Waals surface area contributed by atoms with E-state index in [0.717, 1.165) is 26.1 Å². The molecule has 1 saturated carbocycles. The zero-order valence-electron chi connectivity index (χ0n) is 15.0. The van der Waals surface area contributed by atoms with Gasteiger partial charge in [-0.3, -0.25) is 4.79 Å². The van der Waals surface area contributed by atoms with Gasteiger partial charge in [0.15, 0.2) is 0 Å². The summed E-state index contributed by atoms with van der Waals surface area (Å²) in [7, 11) is 1.98. The predicted molar refractivity (Wildman–Crippen MR) is 94.5 cm³/mol. The summed E-state index contributed by atoms with van der Waals surface area (Å²) in [6, 6.07) is 8.70. The van der Waals surface area contributed by atoms with Gasteiger partial charge in [-0.2, -0.15) is 0 Å². The van der Waals surface area contributed by atoms with Gasteiger partial charge >= 0.3 is 0 Å². The molecule has 1 saturated heterocycles. The van der Waals surface area contributed by atoms with Crippen LogP contribution < -0.4 is 5.32 Å². The van der Waals surface area contributed by atoms with Crippen molar-refractivity contribution < 1.29 is 4.79 Å². The average Bonchev–Trinajstić information content (AvgIpc) is 3.20. The van der Waals surface area contributed by atoms with Crippen molar-refractivity contribution in [3.05, 3.63) is 35.4 Å². The lowest BCUT2D eigenvalue weighted by Crippen LogP contribution is -2.40. The van der Waals surface area contributed by atoms with E-state index in [0.29, 0.717) is 11.3 Å². The molecule has 1 atom stereocenters. The Kier molecular flexibility index (Phi) is 4.26. The summed E-state index contributed by atoms with van der Waals surface area (Å²) < 4.78 is 0. The molecule has 126 valence electrons. The number of amides is 1. The largest absolute Gasteiger partial charge is 0.345 e. The number of nitrogens with one attached hydrogen (secondary N) is 1. The van der Waals surface area contributed by atoms with E-state index >= 15 is 0 Å². The standard InChI is InChI=1S/C20H30N2O/c1-15-5-7-16(8-6-15)19(2,3)14-22(4)18(23)17-13-20(17)9-11-21-12-10-20/h5-8,17,21H,9-14H2,1-4H3. The lowest BCUT2D eigenvalue weighted by atomic mass is 9.83. The molecule has 1 aromatic carbocycles. The highest BCUT2D eigenvalue weighted by atomic mass is 16.2. The number of nitrogens with zero attached hydrogens (tertiary/aromatic N) is 1. The van der Waals surface area contributed by atoms with Gasteiger partial charge in [-0.25, -0.2) is 0 Å². The van der Waals surface area contributed by atoms with Crippen LogP contribution in [-0.2, 0) is 10.2 Å². The zero-order valence-corrected chi connectivity index (χ0v) is 15.0. The van der Waals surface area contributed by atoms with Crippen molar-refractivity contribution in [1.82, 2.24) is 10.2 Å². The minimum Gasteiger partial charge on any atom is -0.345 e. The normalized spacial score (nSPS) is 22.9. The van der Waals surface area contributed by atoms with E-state index in [4.69, 9.17) is 0 Å². The summed E-state index contributed by atoms with van der Waals surface area (Å²) in [5.74, 6) is 0.621. The highest BCUT2D eigenvalue weighted by Gasteiger charge is 2.58. The molecule has 3 nitrogen and oxygen atoms in total. The fourth-order valence-electron chi connectivity index (χ4n) is 4.21. The highest BCUT2D eigenvalue weighted by Crippen LogP contribution is 2.59.